The molecule has 0 saturated carbocycles. The Morgan fingerprint density at radius 3 is 2.79 bits per heavy atom. The molecule has 0 atom stereocenters. The summed E-state index contributed by atoms with van der Waals surface area (Å²) in [6, 6.07) is 5.22. The van der Waals surface area contributed by atoms with Gasteiger partial charge < -0.3 is 11.1 Å². The third-order valence-corrected chi connectivity index (χ3v) is 3.48. The highest BCUT2D eigenvalue weighted by atomic mass is 79.9. The Labute approximate surface area is 123 Å². The lowest BCUT2D eigenvalue weighted by atomic mass is 10.1. The predicted octanol–water partition coefficient (Wildman–Crippen LogP) is 2.75. The molecule has 0 heterocycles. The second kappa shape index (κ2) is 7.17. The number of rotatable bonds is 6. The van der Waals surface area contributed by atoms with Crippen molar-refractivity contribution >= 4 is 33.4 Å². The highest BCUT2D eigenvalue weighted by molar-refractivity contribution is 9.10. The first-order valence-corrected chi connectivity index (χ1v) is 6.80. The first kappa shape index (κ1) is 16.3. The van der Waals surface area contributed by atoms with Crippen LogP contribution in [0.1, 0.15) is 12.0 Å². The zero-order valence-electron chi connectivity index (χ0n) is 10.1. The van der Waals surface area contributed by atoms with Crippen LogP contribution in [0.2, 0.25) is 5.02 Å². The van der Waals surface area contributed by atoms with Gasteiger partial charge >= 0.3 is 0 Å². The van der Waals surface area contributed by atoms with Crippen molar-refractivity contribution in [1.82, 2.24) is 5.32 Å². The molecule has 106 valence electrons. The van der Waals surface area contributed by atoms with Crippen LogP contribution < -0.4 is 11.1 Å². The summed E-state index contributed by atoms with van der Waals surface area (Å²) in [5, 5.41) is 2.72. The van der Waals surface area contributed by atoms with Gasteiger partial charge in [0, 0.05) is 15.9 Å². The minimum Gasteiger partial charge on any atom is -0.350 e. The zero-order chi connectivity index (χ0) is 14.5. The maximum absolute atomic E-state index is 12.8. The Bertz CT molecular complexity index is 457. The van der Waals surface area contributed by atoms with E-state index in [2.05, 4.69) is 21.2 Å². The normalized spacial score (nSPS) is 11.4. The fourth-order valence-corrected chi connectivity index (χ4v) is 2.01. The van der Waals surface area contributed by atoms with E-state index in [0.717, 1.165) is 10.0 Å². The minimum atomic E-state index is -3.06. The van der Waals surface area contributed by atoms with Crippen molar-refractivity contribution in [3.63, 3.8) is 0 Å². The van der Waals surface area contributed by atoms with E-state index in [1.807, 2.05) is 0 Å². The maximum atomic E-state index is 12.8. The van der Waals surface area contributed by atoms with E-state index in [9.17, 15) is 13.6 Å². The number of halogens is 4. The lowest BCUT2D eigenvalue weighted by Gasteiger charge is -2.14. The van der Waals surface area contributed by atoms with Gasteiger partial charge in [-0.3, -0.25) is 4.79 Å². The van der Waals surface area contributed by atoms with Gasteiger partial charge in [0.1, 0.15) is 0 Å². The summed E-state index contributed by atoms with van der Waals surface area (Å²) >= 11 is 9.17. The number of hydrogen-bond donors (Lipinski definition) is 2. The Hall–Kier alpha value is -0.720. The average Bonchev–Trinajstić information content (AvgIpc) is 2.37. The van der Waals surface area contributed by atoms with Gasteiger partial charge in [-0.15, -0.1) is 0 Å². The molecule has 1 amide bonds. The average molecular weight is 356 g/mol. The molecule has 0 saturated heterocycles. The Morgan fingerprint density at radius 1 is 1.47 bits per heavy atom. The van der Waals surface area contributed by atoms with Crippen LogP contribution in [0, 0.1) is 0 Å². The van der Waals surface area contributed by atoms with Crippen molar-refractivity contribution in [2.75, 3.05) is 13.1 Å². The minimum absolute atomic E-state index is 0.111. The van der Waals surface area contributed by atoms with E-state index >= 15 is 0 Å². The molecule has 0 aliphatic carbocycles. The standard InChI is InChI=1S/C12H14BrClF2N2O/c13-10-3-2-9(14)5-8(10)1-4-11(19)18-7-12(15,16)6-17/h2-3,5H,1,4,6-7,17H2,(H,18,19). The number of carbonyl (C=O) groups excluding carboxylic acids is 1. The molecule has 0 unspecified atom stereocenters. The van der Waals surface area contributed by atoms with E-state index in [-0.39, 0.29) is 6.42 Å². The van der Waals surface area contributed by atoms with Gasteiger partial charge in [-0.2, -0.15) is 0 Å². The van der Waals surface area contributed by atoms with Gasteiger partial charge in [0.2, 0.25) is 5.91 Å². The van der Waals surface area contributed by atoms with Crippen LogP contribution in [-0.4, -0.2) is 24.9 Å². The molecule has 0 fully saturated rings. The van der Waals surface area contributed by atoms with Crippen molar-refractivity contribution < 1.29 is 13.6 Å². The van der Waals surface area contributed by atoms with E-state index in [1.54, 1.807) is 18.2 Å². The van der Waals surface area contributed by atoms with Crippen LogP contribution in [0.3, 0.4) is 0 Å². The predicted molar refractivity (Wildman–Crippen MR) is 74.5 cm³/mol. The van der Waals surface area contributed by atoms with Crippen LogP contribution in [0.15, 0.2) is 22.7 Å². The number of alkyl halides is 2. The lowest BCUT2D eigenvalue weighted by Crippen LogP contribution is -2.41. The summed E-state index contributed by atoms with van der Waals surface area (Å²) in [5.74, 6) is -3.51. The van der Waals surface area contributed by atoms with Crippen molar-refractivity contribution in [3.8, 4) is 0 Å². The third kappa shape index (κ3) is 5.84. The molecular formula is C12H14BrClF2N2O. The van der Waals surface area contributed by atoms with Crippen molar-refractivity contribution in [2.24, 2.45) is 5.73 Å². The molecule has 1 aromatic rings. The Morgan fingerprint density at radius 2 is 2.16 bits per heavy atom. The fourth-order valence-electron chi connectivity index (χ4n) is 1.37. The van der Waals surface area contributed by atoms with Crippen LogP contribution >= 0.6 is 27.5 Å². The van der Waals surface area contributed by atoms with E-state index in [4.69, 9.17) is 17.3 Å². The Kier molecular flexibility index (Phi) is 6.16. The van der Waals surface area contributed by atoms with Gasteiger partial charge in [-0.25, -0.2) is 8.78 Å². The molecule has 1 aromatic carbocycles. The third-order valence-electron chi connectivity index (χ3n) is 2.47. The highest BCUT2D eigenvalue weighted by Gasteiger charge is 2.26. The summed E-state index contributed by atoms with van der Waals surface area (Å²) in [6.45, 7) is -1.52. The fraction of sp³-hybridized carbons (Fsp3) is 0.417. The lowest BCUT2D eigenvalue weighted by molar-refractivity contribution is -0.122. The molecule has 19 heavy (non-hydrogen) atoms. The van der Waals surface area contributed by atoms with Crippen molar-refractivity contribution in [3.05, 3.63) is 33.3 Å². The number of nitrogens with one attached hydrogen (secondary N) is 1. The van der Waals surface area contributed by atoms with E-state index in [0.29, 0.717) is 11.4 Å². The second-order valence-electron chi connectivity index (χ2n) is 4.07. The number of amides is 1. The topological polar surface area (TPSA) is 55.1 Å². The number of nitrogens with two attached hydrogens (primary N) is 1. The molecule has 0 bridgehead atoms. The first-order chi connectivity index (χ1) is 8.84. The zero-order valence-corrected chi connectivity index (χ0v) is 12.4. The number of carbonyl (C=O) groups is 1. The number of aryl methyl sites for hydroxylation is 1. The molecule has 7 heteroatoms. The molecule has 0 radical (unpaired) electrons. The first-order valence-electron chi connectivity index (χ1n) is 5.62. The monoisotopic (exact) mass is 354 g/mol. The summed E-state index contributed by atoms with van der Waals surface area (Å²) < 4.78 is 26.5. The molecule has 3 N–H and O–H groups in total. The van der Waals surface area contributed by atoms with Gasteiger partial charge in [0.25, 0.3) is 5.92 Å². The summed E-state index contributed by atoms with van der Waals surface area (Å²) in [5.41, 5.74) is 5.73. The van der Waals surface area contributed by atoms with Gasteiger partial charge in [-0.05, 0) is 30.2 Å². The van der Waals surface area contributed by atoms with Crippen LogP contribution in [0.4, 0.5) is 8.78 Å². The van der Waals surface area contributed by atoms with Crippen molar-refractivity contribution in [1.29, 1.82) is 0 Å². The molecular weight excluding hydrogens is 341 g/mol. The largest absolute Gasteiger partial charge is 0.350 e. The number of hydrogen-bond acceptors (Lipinski definition) is 2. The van der Waals surface area contributed by atoms with E-state index < -0.39 is 24.9 Å². The van der Waals surface area contributed by atoms with Gasteiger partial charge in [-0.1, -0.05) is 27.5 Å². The quantitative estimate of drug-likeness (QED) is 0.824. The Balaban J connectivity index is 2.44. The molecule has 0 spiro atoms. The maximum Gasteiger partial charge on any atom is 0.277 e. The number of benzene rings is 1. The smallest absolute Gasteiger partial charge is 0.277 e. The molecule has 1 rings (SSSR count). The van der Waals surface area contributed by atoms with Crippen molar-refractivity contribution in [2.45, 2.75) is 18.8 Å². The molecule has 0 aliphatic heterocycles. The van der Waals surface area contributed by atoms with Gasteiger partial charge in [0.15, 0.2) is 0 Å². The second-order valence-corrected chi connectivity index (χ2v) is 5.36. The summed E-state index contributed by atoms with van der Waals surface area (Å²) in [4.78, 5) is 11.4. The van der Waals surface area contributed by atoms with Crippen LogP contribution in [0.25, 0.3) is 0 Å². The highest BCUT2D eigenvalue weighted by Crippen LogP contribution is 2.22. The molecule has 0 aliphatic rings. The molecule has 0 aromatic heterocycles. The van der Waals surface area contributed by atoms with Crippen LogP contribution in [0.5, 0.6) is 0 Å². The SMILES string of the molecule is NCC(F)(F)CNC(=O)CCc1cc(Cl)ccc1Br. The van der Waals surface area contributed by atoms with Gasteiger partial charge in [0.05, 0.1) is 13.1 Å². The summed E-state index contributed by atoms with van der Waals surface area (Å²) in [6.07, 6.45) is 0.529. The molecule has 3 nitrogen and oxygen atoms in total. The van der Waals surface area contributed by atoms with Crippen LogP contribution in [-0.2, 0) is 11.2 Å². The van der Waals surface area contributed by atoms with E-state index in [1.165, 1.54) is 0 Å². The summed E-state index contributed by atoms with van der Waals surface area (Å²) in [7, 11) is 0.